The molecule has 0 unspecified atom stereocenters. The van der Waals surface area contributed by atoms with Crippen molar-refractivity contribution in [3.63, 3.8) is 0 Å². The predicted octanol–water partition coefficient (Wildman–Crippen LogP) is 3.85. The summed E-state index contributed by atoms with van der Waals surface area (Å²) < 4.78 is 0. The lowest BCUT2D eigenvalue weighted by Crippen LogP contribution is -2.38. The molecule has 1 aromatic carbocycles. The van der Waals surface area contributed by atoms with Crippen LogP contribution in [-0.4, -0.2) is 37.0 Å². The monoisotopic (exact) mass is 490 g/mol. The lowest BCUT2D eigenvalue weighted by Gasteiger charge is -2.12. The Bertz CT molecular complexity index is 576. The van der Waals surface area contributed by atoms with E-state index in [2.05, 4.69) is 34.1 Å². The summed E-state index contributed by atoms with van der Waals surface area (Å²) >= 11 is 1.81. The van der Waals surface area contributed by atoms with Gasteiger partial charge < -0.3 is 16.0 Å². The minimum Gasteiger partial charge on any atom is -0.357 e. The summed E-state index contributed by atoms with van der Waals surface area (Å²) in [5, 5.41) is 9.64. The Morgan fingerprint density at radius 3 is 2.73 bits per heavy atom. The molecular weight excluding hydrogens is 459 g/mol. The van der Waals surface area contributed by atoms with E-state index in [4.69, 9.17) is 0 Å². The van der Waals surface area contributed by atoms with E-state index in [-0.39, 0.29) is 35.8 Å². The second-order valence-corrected chi connectivity index (χ2v) is 7.27. The van der Waals surface area contributed by atoms with Crippen LogP contribution in [0.15, 0.2) is 29.3 Å². The molecule has 1 amide bonds. The van der Waals surface area contributed by atoms with Crippen LogP contribution in [0.2, 0.25) is 0 Å². The van der Waals surface area contributed by atoms with E-state index < -0.39 is 0 Å². The zero-order valence-corrected chi connectivity index (χ0v) is 18.9. The molecule has 0 radical (unpaired) electrons. The van der Waals surface area contributed by atoms with E-state index in [1.54, 1.807) is 0 Å². The number of benzene rings is 1. The van der Waals surface area contributed by atoms with Gasteiger partial charge in [0.15, 0.2) is 5.96 Å². The molecule has 0 atom stereocenters. The third-order valence-electron chi connectivity index (χ3n) is 4.28. The Morgan fingerprint density at radius 2 is 2.04 bits per heavy atom. The highest BCUT2D eigenvalue weighted by Gasteiger charge is 2.22. The van der Waals surface area contributed by atoms with Crippen molar-refractivity contribution in [3.8, 4) is 0 Å². The molecular formula is C19H31IN4OS. The highest BCUT2D eigenvalue weighted by Crippen LogP contribution is 2.26. The van der Waals surface area contributed by atoms with Gasteiger partial charge in [-0.1, -0.05) is 25.0 Å². The number of halogens is 1. The van der Waals surface area contributed by atoms with Crippen LogP contribution in [0.5, 0.6) is 0 Å². The normalized spacial score (nSPS) is 14.6. The lowest BCUT2D eigenvalue weighted by atomic mass is 10.1. The van der Waals surface area contributed by atoms with Gasteiger partial charge in [0.05, 0.1) is 6.54 Å². The number of hydrogen-bond donors (Lipinski definition) is 3. The average Bonchev–Trinajstić information content (AvgIpc) is 3.15. The van der Waals surface area contributed by atoms with Gasteiger partial charge in [-0.05, 0) is 43.7 Å². The Balaban J connectivity index is 0.00000338. The van der Waals surface area contributed by atoms with Crippen molar-refractivity contribution < 1.29 is 4.79 Å². The highest BCUT2D eigenvalue weighted by atomic mass is 127. The van der Waals surface area contributed by atoms with E-state index in [0.717, 1.165) is 48.9 Å². The van der Waals surface area contributed by atoms with E-state index >= 15 is 0 Å². The molecule has 1 saturated carbocycles. The second-order valence-electron chi connectivity index (χ2n) is 6.29. The molecule has 7 heteroatoms. The predicted molar refractivity (Wildman–Crippen MR) is 124 cm³/mol. The summed E-state index contributed by atoms with van der Waals surface area (Å²) in [6.45, 7) is 4.37. The van der Waals surface area contributed by atoms with Crippen molar-refractivity contribution >= 4 is 53.3 Å². The molecule has 0 spiro atoms. The highest BCUT2D eigenvalue weighted by molar-refractivity contribution is 14.0. The number of nitrogens with one attached hydrogen (secondary N) is 3. The number of carbonyl (C=O) groups is 1. The minimum atomic E-state index is 0. The molecule has 0 aromatic heterocycles. The number of hydrogen-bond acceptors (Lipinski definition) is 3. The number of amides is 1. The Hall–Kier alpha value is -0.960. The largest absolute Gasteiger partial charge is 0.357 e. The average molecular weight is 490 g/mol. The van der Waals surface area contributed by atoms with Gasteiger partial charge in [0.2, 0.25) is 5.91 Å². The summed E-state index contributed by atoms with van der Waals surface area (Å²) in [7, 11) is 0. The van der Waals surface area contributed by atoms with Crippen LogP contribution in [0, 0.1) is 5.92 Å². The molecule has 26 heavy (non-hydrogen) atoms. The van der Waals surface area contributed by atoms with Gasteiger partial charge in [0.1, 0.15) is 0 Å². The maximum atomic E-state index is 12.3. The van der Waals surface area contributed by atoms with Crippen LogP contribution in [-0.2, 0) is 11.3 Å². The molecule has 0 saturated heterocycles. The molecule has 5 nitrogen and oxygen atoms in total. The first-order valence-corrected chi connectivity index (χ1v) is 10.5. The zero-order chi connectivity index (χ0) is 17.9. The number of rotatable bonds is 8. The minimum absolute atomic E-state index is 0. The first kappa shape index (κ1) is 23.1. The zero-order valence-electron chi connectivity index (χ0n) is 15.7. The van der Waals surface area contributed by atoms with E-state index in [1.807, 2.05) is 36.0 Å². The van der Waals surface area contributed by atoms with Crippen molar-refractivity contribution in [2.75, 3.05) is 30.4 Å². The summed E-state index contributed by atoms with van der Waals surface area (Å²) in [4.78, 5) is 16.9. The molecule has 0 aliphatic heterocycles. The topological polar surface area (TPSA) is 65.5 Å². The van der Waals surface area contributed by atoms with E-state index in [9.17, 15) is 4.79 Å². The molecule has 3 N–H and O–H groups in total. The van der Waals surface area contributed by atoms with Gasteiger partial charge in [-0.3, -0.25) is 4.79 Å². The molecule has 1 aliphatic carbocycles. The molecule has 1 aliphatic rings. The fraction of sp³-hybridized carbons (Fsp3) is 0.579. The number of aliphatic imine (C=N–C) groups is 1. The Morgan fingerprint density at radius 1 is 1.27 bits per heavy atom. The SMILES string of the molecule is CCNC(=NCc1cccc(NC(=O)C2CCCC2)c1)NCCSC.I. The van der Waals surface area contributed by atoms with Crippen molar-refractivity contribution in [1.29, 1.82) is 0 Å². The van der Waals surface area contributed by atoms with Crippen molar-refractivity contribution in [2.45, 2.75) is 39.2 Å². The number of anilines is 1. The molecule has 146 valence electrons. The first-order valence-electron chi connectivity index (χ1n) is 9.14. The van der Waals surface area contributed by atoms with E-state index in [0.29, 0.717) is 6.54 Å². The maximum absolute atomic E-state index is 12.3. The van der Waals surface area contributed by atoms with Crippen LogP contribution in [0.3, 0.4) is 0 Å². The number of carbonyl (C=O) groups excluding carboxylic acids is 1. The fourth-order valence-corrected chi connectivity index (χ4v) is 3.27. The summed E-state index contributed by atoms with van der Waals surface area (Å²) in [5.41, 5.74) is 1.95. The number of nitrogens with zero attached hydrogens (tertiary/aromatic N) is 1. The number of thioether (sulfide) groups is 1. The van der Waals surface area contributed by atoms with Crippen molar-refractivity contribution in [3.05, 3.63) is 29.8 Å². The molecule has 2 rings (SSSR count). The molecule has 1 fully saturated rings. The maximum Gasteiger partial charge on any atom is 0.227 e. The van der Waals surface area contributed by atoms with Crippen LogP contribution >= 0.6 is 35.7 Å². The van der Waals surface area contributed by atoms with Gasteiger partial charge in [-0.25, -0.2) is 4.99 Å². The van der Waals surface area contributed by atoms with Crippen LogP contribution < -0.4 is 16.0 Å². The van der Waals surface area contributed by atoms with E-state index in [1.165, 1.54) is 12.8 Å². The van der Waals surface area contributed by atoms with Gasteiger partial charge in [0, 0.05) is 30.4 Å². The second kappa shape index (κ2) is 13.2. The van der Waals surface area contributed by atoms with Gasteiger partial charge in [-0.2, -0.15) is 11.8 Å². The summed E-state index contributed by atoms with van der Waals surface area (Å²) in [5.74, 6) is 2.22. The standard InChI is InChI=1S/C19H30N4OS.HI/c1-3-20-19(21-11-12-25-2)22-14-15-7-6-10-17(13-15)23-18(24)16-8-4-5-9-16;/h6-7,10,13,16H,3-5,8-9,11-12,14H2,1-2H3,(H,23,24)(H2,20,21,22);1H. The molecule has 1 aromatic rings. The molecule has 0 bridgehead atoms. The quantitative estimate of drug-likeness (QED) is 0.224. The lowest BCUT2D eigenvalue weighted by molar-refractivity contribution is -0.119. The third kappa shape index (κ3) is 8.16. The first-order chi connectivity index (χ1) is 12.2. The smallest absolute Gasteiger partial charge is 0.227 e. The summed E-state index contributed by atoms with van der Waals surface area (Å²) in [6.07, 6.45) is 6.47. The van der Waals surface area contributed by atoms with Crippen LogP contribution in [0.25, 0.3) is 0 Å². The third-order valence-corrected chi connectivity index (χ3v) is 4.90. The number of guanidine groups is 1. The van der Waals surface area contributed by atoms with Crippen molar-refractivity contribution in [2.24, 2.45) is 10.9 Å². The van der Waals surface area contributed by atoms with Gasteiger partial charge >= 0.3 is 0 Å². The van der Waals surface area contributed by atoms with Gasteiger partial charge in [0.25, 0.3) is 0 Å². The van der Waals surface area contributed by atoms with Crippen LogP contribution in [0.4, 0.5) is 5.69 Å². The van der Waals surface area contributed by atoms with Crippen molar-refractivity contribution in [1.82, 2.24) is 10.6 Å². The molecule has 0 heterocycles. The fourth-order valence-electron chi connectivity index (χ4n) is 2.96. The van der Waals surface area contributed by atoms with Crippen LogP contribution in [0.1, 0.15) is 38.2 Å². The Labute approximate surface area is 178 Å². The van der Waals surface area contributed by atoms with Gasteiger partial charge in [-0.15, -0.1) is 24.0 Å². The summed E-state index contributed by atoms with van der Waals surface area (Å²) in [6, 6.07) is 7.98. The Kier molecular flexibility index (Phi) is 11.8.